The van der Waals surface area contributed by atoms with E-state index >= 15 is 0 Å². The molecule has 22 heavy (non-hydrogen) atoms. The number of rotatable bonds is 6. The number of hydrogen-bond donors (Lipinski definition) is 1. The van der Waals surface area contributed by atoms with E-state index in [0.29, 0.717) is 6.54 Å². The number of hydrogen-bond acceptors (Lipinski definition) is 3. The minimum atomic E-state index is -0.220. The van der Waals surface area contributed by atoms with E-state index in [-0.39, 0.29) is 11.9 Å². The van der Waals surface area contributed by atoms with Gasteiger partial charge in [-0.15, -0.1) is 0 Å². The van der Waals surface area contributed by atoms with E-state index in [1.54, 1.807) is 7.11 Å². The fourth-order valence-electron chi connectivity index (χ4n) is 2.12. The van der Waals surface area contributed by atoms with E-state index < -0.39 is 0 Å². The highest BCUT2D eigenvalue weighted by Crippen LogP contribution is 2.14. The smallest absolute Gasteiger partial charge is 0.241 e. The lowest BCUT2D eigenvalue weighted by atomic mass is 10.1. The van der Waals surface area contributed by atoms with Crippen molar-refractivity contribution in [2.45, 2.75) is 19.5 Å². The topological polar surface area (TPSA) is 41.6 Å². The van der Waals surface area contributed by atoms with Gasteiger partial charge in [0.05, 0.1) is 13.2 Å². The molecule has 116 valence electrons. The van der Waals surface area contributed by atoms with Gasteiger partial charge in [0.25, 0.3) is 0 Å². The summed E-state index contributed by atoms with van der Waals surface area (Å²) in [6.07, 6.45) is 0. The molecule has 0 aliphatic carbocycles. The first-order valence-electron chi connectivity index (χ1n) is 7.29. The van der Waals surface area contributed by atoms with Gasteiger partial charge in [0, 0.05) is 12.2 Å². The second-order valence-electron chi connectivity index (χ2n) is 5.29. The molecule has 0 heterocycles. The molecule has 1 N–H and O–H groups in total. The Hall–Kier alpha value is -2.33. The molecule has 0 spiro atoms. The standard InChI is InChI=1S/C18H22N2O2/c1-14(18(21)19-16-7-5-4-6-8-16)20(2)13-15-9-11-17(22-3)12-10-15/h4-12,14H,13H2,1-3H3,(H,19,21). The van der Waals surface area contributed by atoms with Crippen molar-refractivity contribution in [3.63, 3.8) is 0 Å². The molecule has 1 atom stereocenters. The first kappa shape index (κ1) is 16.0. The van der Waals surface area contributed by atoms with Crippen LogP contribution in [-0.2, 0) is 11.3 Å². The number of ether oxygens (including phenoxy) is 1. The predicted molar refractivity (Wildman–Crippen MR) is 89.0 cm³/mol. The number of carbonyl (C=O) groups excluding carboxylic acids is 1. The van der Waals surface area contributed by atoms with Gasteiger partial charge in [0.15, 0.2) is 0 Å². The van der Waals surface area contributed by atoms with Gasteiger partial charge in [-0.3, -0.25) is 9.69 Å². The third-order valence-electron chi connectivity index (χ3n) is 3.67. The monoisotopic (exact) mass is 298 g/mol. The molecule has 2 rings (SSSR count). The van der Waals surface area contributed by atoms with Crippen LogP contribution >= 0.6 is 0 Å². The molecule has 0 saturated heterocycles. The number of carbonyl (C=O) groups is 1. The zero-order valence-electron chi connectivity index (χ0n) is 13.2. The maximum Gasteiger partial charge on any atom is 0.241 e. The number of anilines is 1. The van der Waals surface area contributed by atoms with Crippen molar-refractivity contribution in [2.24, 2.45) is 0 Å². The fraction of sp³-hybridized carbons (Fsp3) is 0.278. The number of likely N-dealkylation sites (N-methyl/N-ethyl adjacent to an activating group) is 1. The van der Waals surface area contributed by atoms with E-state index in [0.717, 1.165) is 17.0 Å². The van der Waals surface area contributed by atoms with Crippen molar-refractivity contribution < 1.29 is 9.53 Å². The fourth-order valence-corrected chi connectivity index (χ4v) is 2.12. The van der Waals surface area contributed by atoms with Crippen molar-refractivity contribution in [3.05, 3.63) is 60.2 Å². The second kappa shape index (κ2) is 7.61. The van der Waals surface area contributed by atoms with Crippen LogP contribution in [0.5, 0.6) is 5.75 Å². The summed E-state index contributed by atoms with van der Waals surface area (Å²) in [6.45, 7) is 2.61. The highest BCUT2D eigenvalue weighted by Gasteiger charge is 2.18. The molecule has 1 unspecified atom stereocenters. The van der Waals surface area contributed by atoms with Gasteiger partial charge in [0.2, 0.25) is 5.91 Å². The van der Waals surface area contributed by atoms with Gasteiger partial charge in [-0.05, 0) is 43.8 Å². The molecule has 0 fully saturated rings. The third-order valence-corrected chi connectivity index (χ3v) is 3.67. The summed E-state index contributed by atoms with van der Waals surface area (Å²) >= 11 is 0. The Morgan fingerprint density at radius 2 is 1.77 bits per heavy atom. The molecule has 1 amide bonds. The molecular weight excluding hydrogens is 276 g/mol. The molecule has 4 heteroatoms. The molecule has 0 bridgehead atoms. The van der Waals surface area contributed by atoms with E-state index in [9.17, 15) is 4.79 Å². The van der Waals surface area contributed by atoms with Gasteiger partial charge >= 0.3 is 0 Å². The lowest BCUT2D eigenvalue weighted by Gasteiger charge is -2.24. The van der Waals surface area contributed by atoms with Crippen LogP contribution in [-0.4, -0.2) is 31.0 Å². The Morgan fingerprint density at radius 3 is 2.36 bits per heavy atom. The second-order valence-corrected chi connectivity index (χ2v) is 5.29. The maximum atomic E-state index is 12.3. The SMILES string of the molecule is COc1ccc(CN(C)C(C)C(=O)Nc2ccccc2)cc1. The van der Waals surface area contributed by atoms with Gasteiger partial charge < -0.3 is 10.1 Å². The van der Waals surface area contributed by atoms with Crippen molar-refractivity contribution in [1.82, 2.24) is 4.90 Å². The molecule has 0 saturated carbocycles. The molecule has 0 aliphatic heterocycles. The Balaban J connectivity index is 1.92. The number of nitrogens with one attached hydrogen (secondary N) is 1. The average Bonchev–Trinajstić information content (AvgIpc) is 2.55. The summed E-state index contributed by atoms with van der Waals surface area (Å²) < 4.78 is 5.15. The molecule has 2 aromatic rings. The summed E-state index contributed by atoms with van der Waals surface area (Å²) in [6, 6.07) is 17.2. The highest BCUT2D eigenvalue weighted by atomic mass is 16.5. The summed E-state index contributed by atoms with van der Waals surface area (Å²) in [4.78, 5) is 14.3. The molecule has 0 radical (unpaired) electrons. The van der Waals surface area contributed by atoms with Crippen LogP contribution in [0.1, 0.15) is 12.5 Å². The predicted octanol–water partition coefficient (Wildman–Crippen LogP) is 3.15. The first-order chi connectivity index (χ1) is 10.6. The minimum Gasteiger partial charge on any atom is -0.497 e. The Bertz CT molecular complexity index is 596. The zero-order valence-corrected chi connectivity index (χ0v) is 13.2. The van der Waals surface area contributed by atoms with E-state index in [1.165, 1.54) is 0 Å². The summed E-state index contributed by atoms with van der Waals surface area (Å²) in [5, 5.41) is 2.93. The number of nitrogens with zero attached hydrogens (tertiary/aromatic N) is 1. The van der Waals surface area contributed by atoms with Crippen LogP contribution in [0.25, 0.3) is 0 Å². The molecule has 4 nitrogen and oxygen atoms in total. The van der Waals surface area contributed by atoms with Crippen LogP contribution in [0.4, 0.5) is 5.69 Å². The third kappa shape index (κ3) is 4.33. The number of para-hydroxylation sites is 1. The van der Waals surface area contributed by atoms with Gasteiger partial charge in [-0.1, -0.05) is 30.3 Å². The van der Waals surface area contributed by atoms with Crippen LogP contribution in [0.3, 0.4) is 0 Å². The lowest BCUT2D eigenvalue weighted by Crippen LogP contribution is -2.39. The maximum absolute atomic E-state index is 12.3. The van der Waals surface area contributed by atoms with E-state index in [4.69, 9.17) is 4.74 Å². The molecule has 0 aliphatic rings. The Labute approximate surface area is 131 Å². The highest BCUT2D eigenvalue weighted by molar-refractivity contribution is 5.94. The van der Waals surface area contributed by atoms with Crippen molar-refractivity contribution in [3.8, 4) is 5.75 Å². The number of benzene rings is 2. The summed E-state index contributed by atoms with van der Waals surface area (Å²) in [5.74, 6) is 0.823. The van der Waals surface area contributed by atoms with E-state index in [1.807, 2.05) is 73.5 Å². The summed E-state index contributed by atoms with van der Waals surface area (Å²) in [7, 11) is 3.59. The largest absolute Gasteiger partial charge is 0.497 e. The number of methoxy groups -OCH3 is 1. The van der Waals surface area contributed by atoms with Gasteiger partial charge in [-0.25, -0.2) is 0 Å². The quantitative estimate of drug-likeness (QED) is 0.890. The molecular formula is C18H22N2O2. The van der Waals surface area contributed by atoms with Crippen molar-refractivity contribution in [2.75, 3.05) is 19.5 Å². The van der Waals surface area contributed by atoms with Gasteiger partial charge in [0.1, 0.15) is 5.75 Å². The zero-order chi connectivity index (χ0) is 15.9. The normalized spacial score (nSPS) is 12.0. The lowest BCUT2D eigenvalue weighted by molar-refractivity contribution is -0.120. The van der Waals surface area contributed by atoms with Crippen LogP contribution in [0, 0.1) is 0 Å². The molecule has 2 aromatic carbocycles. The number of amides is 1. The first-order valence-corrected chi connectivity index (χ1v) is 7.29. The van der Waals surface area contributed by atoms with Crippen LogP contribution in [0.15, 0.2) is 54.6 Å². The van der Waals surface area contributed by atoms with Crippen molar-refractivity contribution >= 4 is 11.6 Å². The van der Waals surface area contributed by atoms with Crippen LogP contribution < -0.4 is 10.1 Å². The van der Waals surface area contributed by atoms with E-state index in [2.05, 4.69) is 5.32 Å². The Kier molecular flexibility index (Phi) is 5.55. The van der Waals surface area contributed by atoms with Crippen molar-refractivity contribution in [1.29, 1.82) is 0 Å². The van der Waals surface area contributed by atoms with Crippen LogP contribution in [0.2, 0.25) is 0 Å². The minimum absolute atomic E-state index is 0.0118. The average molecular weight is 298 g/mol. The molecule has 0 aromatic heterocycles. The summed E-state index contributed by atoms with van der Waals surface area (Å²) in [5.41, 5.74) is 1.96. The Morgan fingerprint density at radius 1 is 1.14 bits per heavy atom. The van der Waals surface area contributed by atoms with Gasteiger partial charge in [-0.2, -0.15) is 0 Å².